The van der Waals surface area contributed by atoms with Crippen molar-refractivity contribution in [3.8, 4) is 0 Å². The first-order valence-electron chi connectivity index (χ1n) is 6.74. The Morgan fingerprint density at radius 3 is 1.92 bits per heavy atom. The Kier molecular flexibility index (Phi) is 5.61. The fourth-order valence-corrected chi connectivity index (χ4v) is 3.53. The average molecular weight is 411 g/mol. The minimum Gasteiger partial charge on any atom is -0.295 e. The third-order valence-corrected chi connectivity index (χ3v) is 4.78. The first kappa shape index (κ1) is 20.2. The molecule has 2 aromatic carbocycles. The van der Waals surface area contributed by atoms with Crippen molar-refractivity contribution in [2.45, 2.75) is 16.7 Å². The minimum atomic E-state index is -3.81. The van der Waals surface area contributed by atoms with Crippen molar-refractivity contribution in [3.63, 3.8) is 0 Å². The number of Topliss-reactive ketones (excluding diaryl/α,β-unsaturated/α-hetero) is 1. The maximum Gasteiger partial charge on any atom is 0.229 e. The molecule has 0 heterocycles. The summed E-state index contributed by atoms with van der Waals surface area (Å²) in [5, 5.41) is 0. The van der Waals surface area contributed by atoms with E-state index in [2.05, 4.69) is 0 Å². The highest BCUT2D eigenvalue weighted by atomic mass is 32.2. The first-order chi connectivity index (χ1) is 11.9. The van der Waals surface area contributed by atoms with E-state index in [0.29, 0.717) is 0 Å². The molecule has 0 radical (unpaired) electrons. The van der Waals surface area contributed by atoms with E-state index in [1.165, 1.54) is 13.0 Å². The molecule has 4 nitrogen and oxygen atoms in total. The van der Waals surface area contributed by atoms with Crippen LogP contribution < -0.4 is 4.72 Å². The minimum absolute atomic E-state index is 0.0513. The van der Waals surface area contributed by atoms with Gasteiger partial charge in [-0.1, -0.05) is 11.8 Å². The predicted octanol–water partition coefficient (Wildman–Crippen LogP) is 4.11. The van der Waals surface area contributed by atoms with Crippen LogP contribution in [0, 0.1) is 29.1 Å². The van der Waals surface area contributed by atoms with E-state index in [-0.39, 0.29) is 27.9 Å². The van der Waals surface area contributed by atoms with Crippen LogP contribution in [-0.2, 0) is 10.0 Å². The lowest BCUT2D eigenvalue weighted by Crippen LogP contribution is -2.11. The van der Waals surface area contributed by atoms with E-state index in [0.717, 1.165) is 18.4 Å². The van der Waals surface area contributed by atoms with Gasteiger partial charge in [0.2, 0.25) is 15.8 Å². The summed E-state index contributed by atoms with van der Waals surface area (Å²) in [5.74, 6) is -11.2. The van der Waals surface area contributed by atoms with Crippen LogP contribution in [-0.4, -0.2) is 20.5 Å². The Hall–Kier alpha value is -2.14. The summed E-state index contributed by atoms with van der Waals surface area (Å²) < 4.78 is 92.4. The molecule has 1 N–H and O–H groups in total. The molecule has 0 unspecified atom stereocenters. The van der Waals surface area contributed by atoms with Crippen LogP contribution in [0.2, 0.25) is 0 Å². The second-order valence-electron chi connectivity index (χ2n) is 5.14. The van der Waals surface area contributed by atoms with Gasteiger partial charge in [-0.3, -0.25) is 9.52 Å². The first-order valence-corrected chi connectivity index (χ1v) is 9.45. The summed E-state index contributed by atoms with van der Waals surface area (Å²) in [4.78, 5) is 10.0. The molecule has 0 saturated carbocycles. The van der Waals surface area contributed by atoms with Crippen LogP contribution in [0.25, 0.3) is 0 Å². The molecule has 0 aliphatic rings. The molecule has 0 spiro atoms. The molecule has 0 bridgehead atoms. The zero-order chi connectivity index (χ0) is 19.8. The Bertz CT molecular complexity index is 980. The van der Waals surface area contributed by atoms with Gasteiger partial charge in [-0.2, -0.15) is 0 Å². The number of carbonyl (C=O) groups is 1. The van der Waals surface area contributed by atoms with Gasteiger partial charge in [-0.15, -0.1) is 0 Å². The highest BCUT2D eigenvalue weighted by Crippen LogP contribution is 2.39. The summed E-state index contributed by atoms with van der Waals surface area (Å²) in [6, 6.07) is 3.48. The fourth-order valence-electron chi connectivity index (χ4n) is 1.89. The summed E-state index contributed by atoms with van der Waals surface area (Å²) in [7, 11) is -3.81. The summed E-state index contributed by atoms with van der Waals surface area (Å²) >= 11 is 0.101. The maximum absolute atomic E-state index is 13.9. The highest BCUT2D eigenvalue weighted by molar-refractivity contribution is 7.99. The van der Waals surface area contributed by atoms with Gasteiger partial charge in [0.25, 0.3) is 0 Å². The third-order valence-electron chi connectivity index (χ3n) is 3.07. The number of hydrogen-bond donors (Lipinski definition) is 1. The zero-order valence-corrected chi connectivity index (χ0v) is 14.8. The third kappa shape index (κ3) is 4.15. The molecule has 0 saturated heterocycles. The number of carbonyl (C=O) groups excluding carboxylic acids is 1. The SMILES string of the molecule is CC(=O)c1ccc(NS(C)(=O)=O)c(Sc2c(F)c(F)c(F)c(F)c2F)c1. The summed E-state index contributed by atoms with van der Waals surface area (Å²) in [6.45, 7) is 1.19. The average Bonchev–Trinajstić information content (AvgIpc) is 2.54. The second kappa shape index (κ2) is 7.23. The van der Waals surface area contributed by atoms with Gasteiger partial charge >= 0.3 is 0 Å². The number of sulfonamides is 1. The monoisotopic (exact) mass is 411 g/mol. The van der Waals surface area contributed by atoms with Crippen molar-refractivity contribution < 1.29 is 35.2 Å². The number of benzene rings is 2. The molecule has 26 heavy (non-hydrogen) atoms. The van der Waals surface area contributed by atoms with Crippen LogP contribution in [0.3, 0.4) is 0 Å². The van der Waals surface area contributed by atoms with E-state index in [1.54, 1.807) is 0 Å². The molecule has 0 aromatic heterocycles. The molecule has 0 fully saturated rings. The number of nitrogens with one attached hydrogen (secondary N) is 1. The molecule has 0 amide bonds. The van der Waals surface area contributed by atoms with E-state index in [4.69, 9.17) is 0 Å². The van der Waals surface area contributed by atoms with Crippen molar-refractivity contribution in [3.05, 3.63) is 52.8 Å². The number of anilines is 1. The molecule has 2 aromatic rings. The van der Waals surface area contributed by atoms with Gasteiger partial charge in [0.05, 0.1) is 16.8 Å². The van der Waals surface area contributed by atoms with Gasteiger partial charge in [0, 0.05) is 10.5 Å². The number of rotatable bonds is 5. The molecule has 2 rings (SSSR count). The van der Waals surface area contributed by atoms with Gasteiger partial charge in [0.15, 0.2) is 29.1 Å². The number of ketones is 1. The molecule has 140 valence electrons. The molecule has 0 atom stereocenters. The standard InChI is InChI=1S/C15H10F5NO3S2/c1-6(22)7-3-4-8(21-26(2,23)24)9(5-7)25-15-13(19)11(17)10(16)12(18)14(15)20/h3-5,21H,1-2H3. The molecule has 11 heteroatoms. The lowest BCUT2D eigenvalue weighted by atomic mass is 10.1. The number of hydrogen-bond acceptors (Lipinski definition) is 4. The van der Waals surface area contributed by atoms with Gasteiger partial charge < -0.3 is 0 Å². The lowest BCUT2D eigenvalue weighted by molar-refractivity contribution is 0.101. The predicted molar refractivity (Wildman–Crippen MR) is 85.3 cm³/mol. The van der Waals surface area contributed by atoms with E-state index in [1.807, 2.05) is 4.72 Å². The van der Waals surface area contributed by atoms with Crippen molar-refractivity contribution in [1.29, 1.82) is 0 Å². The Morgan fingerprint density at radius 1 is 0.962 bits per heavy atom. The topological polar surface area (TPSA) is 63.2 Å². The molecular formula is C15H10F5NO3S2. The largest absolute Gasteiger partial charge is 0.295 e. The smallest absolute Gasteiger partial charge is 0.229 e. The molecule has 0 aliphatic heterocycles. The van der Waals surface area contributed by atoms with Crippen LogP contribution >= 0.6 is 11.8 Å². The fraction of sp³-hybridized carbons (Fsp3) is 0.133. The van der Waals surface area contributed by atoms with Crippen LogP contribution in [0.15, 0.2) is 28.0 Å². The van der Waals surface area contributed by atoms with E-state index in [9.17, 15) is 35.2 Å². The lowest BCUT2D eigenvalue weighted by Gasteiger charge is -2.13. The van der Waals surface area contributed by atoms with Gasteiger partial charge in [0.1, 0.15) is 0 Å². The maximum atomic E-state index is 13.9. The van der Waals surface area contributed by atoms with Crippen LogP contribution in [0.4, 0.5) is 27.6 Å². The molecule has 0 aliphatic carbocycles. The second-order valence-corrected chi connectivity index (χ2v) is 7.94. The molecular weight excluding hydrogens is 401 g/mol. The van der Waals surface area contributed by atoms with Crippen LogP contribution in [0.1, 0.15) is 17.3 Å². The normalized spacial score (nSPS) is 11.5. The number of halogens is 5. The quantitative estimate of drug-likeness (QED) is 0.348. The van der Waals surface area contributed by atoms with Crippen molar-refractivity contribution in [2.75, 3.05) is 11.0 Å². The van der Waals surface area contributed by atoms with E-state index < -0.39 is 49.8 Å². The Labute approximate surface area is 149 Å². The van der Waals surface area contributed by atoms with Crippen molar-refractivity contribution >= 4 is 33.3 Å². The van der Waals surface area contributed by atoms with Gasteiger partial charge in [-0.05, 0) is 25.1 Å². The van der Waals surface area contributed by atoms with Crippen LogP contribution in [0.5, 0.6) is 0 Å². The van der Waals surface area contributed by atoms with E-state index >= 15 is 0 Å². The van der Waals surface area contributed by atoms with Crippen molar-refractivity contribution in [2.24, 2.45) is 0 Å². The Morgan fingerprint density at radius 2 is 1.46 bits per heavy atom. The zero-order valence-electron chi connectivity index (χ0n) is 13.2. The van der Waals surface area contributed by atoms with Crippen molar-refractivity contribution in [1.82, 2.24) is 0 Å². The van der Waals surface area contributed by atoms with Gasteiger partial charge in [-0.25, -0.2) is 30.4 Å². The summed E-state index contributed by atoms with van der Waals surface area (Å²) in [6.07, 6.45) is 0.804. The highest BCUT2D eigenvalue weighted by Gasteiger charge is 2.27. The summed E-state index contributed by atoms with van der Waals surface area (Å²) in [5.41, 5.74) is -0.137. The Balaban J connectivity index is 2.65.